The van der Waals surface area contributed by atoms with Crippen LogP contribution in [0.5, 0.6) is 5.75 Å². The molecule has 1 amide bonds. The smallest absolute Gasteiger partial charge is 0.266 e. The van der Waals surface area contributed by atoms with Gasteiger partial charge < -0.3 is 10.1 Å². The number of benzene rings is 2. The minimum Gasteiger partial charge on any atom is -0.489 e. The fourth-order valence-electron chi connectivity index (χ4n) is 2.97. The molecule has 158 valence electrons. The summed E-state index contributed by atoms with van der Waals surface area (Å²) in [5, 5.41) is 9.94. The maximum atomic E-state index is 12.6. The Morgan fingerprint density at radius 2 is 1.97 bits per heavy atom. The van der Waals surface area contributed by atoms with Gasteiger partial charge in [-0.3, -0.25) is 9.48 Å². The maximum absolute atomic E-state index is 12.6. The number of carbonyl (C=O) groups excluding carboxylic acids is 1. The molecule has 31 heavy (non-hydrogen) atoms. The Bertz CT molecular complexity index is 1200. The van der Waals surface area contributed by atoms with E-state index in [2.05, 4.69) is 26.3 Å². The van der Waals surface area contributed by atoms with E-state index in [9.17, 15) is 4.79 Å². The van der Waals surface area contributed by atoms with Gasteiger partial charge in [0, 0.05) is 26.8 Å². The summed E-state index contributed by atoms with van der Waals surface area (Å²) in [5.41, 5.74) is 3.03. The molecule has 0 saturated heterocycles. The van der Waals surface area contributed by atoms with Crippen LogP contribution in [0.4, 0.5) is 5.82 Å². The number of nitrogens with zero attached hydrogens (tertiary/aromatic N) is 2. The lowest BCUT2D eigenvalue weighted by molar-refractivity contribution is 0.103. The van der Waals surface area contributed by atoms with E-state index in [-0.39, 0.29) is 5.91 Å². The number of hydrogen-bond donors (Lipinski definition) is 1. The third-order valence-corrected chi connectivity index (χ3v) is 6.29. The van der Waals surface area contributed by atoms with Gasteiger partial charge >= 0.3 is 0 Å². The second-order valence-electron chi connectivity index (χ2n) is 6.97. The predicted octanol–water partition coefficient (Wildman–Crippen LogP) is 6.55. The van der Waals surface area contributed by atoms with Crippen LogP contribution in [0, 0.1) is 6.92 Å². The van der Waals surface area contributed by atoms with Crippen molar-refractivity contribution in [2.24, 2.45) is 0 Å². The third-order valence-electron chi connectivity index (χ3n) is 4.55. The van der Waals surface area contributed by atoms with Gasteiger partial charge in [-0.2, -0.15) is 5.10 Å². The molecule has 0 unspecified atom stereocenters. The van der Waals surface area contributed by atoms with Crippen molar-refractivity contribution in [3.63, 3.8) is 0 Å². The van der Waals surface area contributed by atoms with Crippen molar-refractivity contribution in [1.29, 1.82) is 0 Å². The van der Waals surface area contributed by atoms with Gasteiger partial charge in [-0.15, -0.1) is 11.3 Å². The number of hydrogen-bond acceptors (Lipinski definition) is 4. The standard InChI is InChI=1S/C23H19BrClN3O2S/c1-15-9-22(27-28(15)12-16-5-7-18(24)8-6-16)26-23(29)21-10-17(14-31-21)13-30-20-4-2-3-19(25)11-20/h2-11,14H,12-13H2,1H3,(H,26,27,29). The molecule has 0 spiro atoms. The summed E-state index contributed by atoms with van der Waals surface area (Å²) in [6.07, 6.45) is 0. The van der Waals surface area contributed by atoms with Gasteiger partial charge in [-0.05, 0) is 54.3 Å². The van der Waals surface area contributed by atoms with Crippen LogP contribution in [0.15, 0.2) is 70.5 Å². The maximum Gasteiger partial charge on any atom is 0.266 e. The van der Waals surface area contributed by atoms with Crippen LogP contribution in [0.1, 0.15) is 26.5 Å². The molecule has 2 aromatic heterocycles. The van der Waals surface area contributed by atoms with Crippen molar-refractivity contribution >= 4 is 50.6 Å². The number of carbonyl (C=O) groups is 1. The predicted molar refractivity (Wildman–Crippen MR) is 128 cm³/mol. The summed E-state index contributed by atoms with van der Waals surface area (Å²) >= 11 is 10.8. The second kappa shape index (κ2) is 9.68. The van der Waals surface area contributed by atoms with Gasteiger partial charge in [-0.25, -0.2) is 0 Å². The van der Waals surface area contributed by atoms with Crippen LogP contribution in [-0.4, -0.2) is 15.7 Å². The van der Waals surface area contributed by atoms with E-state index in [0.29, 0.717) is 34.6 Å². The second-order valence-corrected chi connectivity index (χ2v) is 9.24. The van der Waals surface area contributed by atoms with Gasteiger partial charge in [0.15, 0.2) is 5.82 Å². The Kier molecular flexibility index (Phi) is 6.75. The minimum atomic E-state index is -0.188. The molecule has 0 aliphatic rings. The fourth-order valence-corrected chi connectivity index (χ4v) is 4.20. The molecule has 0 bridgehead atoms. The number of anilines is 1. The highest BCUT2D eigenvalue weighted by Gasteiger charge is 2.13. The first-order chi connectivity index (χ1) is 15.0. The van der Waals surface area contributed by atoms with E-state index in [1.165, 1.54) is 11.3 Å². The third kappa shape index (κ3) is 5.76. The van der Waals surface area contributed by atoms with Crippen molar-refractivity contribution in [2.75, 3.05) is 5.32 Å². The van der Waals surface area contributed by atoms with Crippen LogP contribution < -0.4 is 10.1 Å². The molecule has 8 heteroatoms. The first kappa shape index (κ1) is 21.6. The number of ether oxygens (including phenoxy) is 1. The lowest BCUT2D eigenvalue weighted by Crippen LogP contribution is -2.11. The zero-order valence-corrected chi connectivity index (χ0v) is 19.8. The number of thiophene rings is 1. The number of aryl methyl sites for hydroxylation is 1. The molecular weight excluding hydrogens is 498 g/mol. The van der Waals surface area contributed by atoms with Gasteiger partial charge in [-0.1, -0.05) is 45.7 Å². The molecule has 2 aromatic carbocycles. The number of rotatable bonds is 7. The highest BCUT2D eigenvalue weighted by Crippen LogP contribution is 2.22. The van der Waals surface area contributed by atoms with Crippen molar-refractivity contribution in [1.82, 2.24) is 9.78 Å². The zero-order valence-electron chi connectivity index (χ0n) is 16.6. The number of halogens is 2. The largest absolute Gasteiger partial charge is 0.489 e. The molecule has 0 aliphatic heterocycles. The van der Waals surface area contributed by atoms with Gasteiger partial charge in [0.25, 0.3) is 5.91 Å². The minimum absolute atomic E-state index is 0.188. The monoisotopic (exact) mass is 515 g/mol. The van der Waals surface area contributed by atoms with Gasteiger partial charge in [0.2, 0.25) is 0 Å². The van der Waals surface area contributed by atoms with E-state index >= 15 is 0 Å². The van der Waals surface area contributed by atoms with Crippen molar-refractivity contribution in [3.05, 3.63) is 97.2 Å². The first-order valence-corrected chi connectivity index (χ1v) is 11.6. The lowest BCUT2D eigenvalue weighted by atomic mass is 10.2. The summed E-state index contributed by atoms with van der Waals surface area (Å²) in [6.45, 7) is 2.97. The lowest BCUT2D eigenvalue weighted by Gasteiger charge is -2.05. The van der Waals surface area contributed by atoms with Crippen LogP contribution in [0.3, 0.4) is 0 Å². The molecule has 0 saturated carbocycles. The Morgan fingerprint density at radius 1 is 1.16 bits per heavy atom. The molecule has 1 N–H and O–H groups in total. The van der Waals surface area contributed by atoms with Crippen LogP contribution in [-0.2, 0) is 13.2 Å². The quantitative estimate of drug-likeness (QED) is 0.303. The first-order valence-electron chi connectivity index (χ1n) is 9.52. The van der Waals surface area contributed by atoms with Gasteiger partial charge in [0.1, 0.15) is 12.4 Å². The van der Waals surface area contributed by atoms with E-state index in [1.54, 1.807) is 12.1 Å². The highest BCUT2D eigenvalue weighted by atomic mass is 79.9. The normalized spacial score (nSPS) is 10.8. The zero-order chi connectivity index (χ0) is 21.8. The van der Waals surface area contributed by atoms with Gasteiger partial charge in [0.05, 0.1) is 11.4 Å². The Balaban J connectivity index is 1.37. The molecule has 0 fully saturated rings. The van der Waals surface area contributed by atoms with Crippen molar-refractivity contribution < 1.29 is 9.53 Å². The van der Waals surface area contributed by atoms with Crippen molar-refractivity contribution in [3.8, 4) is 5.75 Å². The van der Waals surface area contributed by atoms with Crippen LogP contribution in [0.25, 0.3) is 0 Å². The summed E-state index contributed by atoms with van der Waals surface area (Å²) in [4.78, 5) is 13.3. The van der Waals surface area contributed by atoms with E-state index < -0.39 is 0 Å². The number of amides is 1. The summed E-state index contributed by atoms with van der Waals surface area (Å²) < 4.78 is 8.65. The van der Waals surface area contributed by atoms with Crippen LogP contribution in [0.2, 0.25) is 5.02 Å². The Labute approximate surface area is 197 Å². The highest BCUT2D eigenvalue weighted by molar-refractivity contribution is 9.10. The molecule has 4 rings (SSSR count). The summed E-state index contributed by atoms with van der Waals surface area (Å²) in [5.74, 6) is 1.04. The van der Waals surface area contributed by atoms with Crippen molar-refractivity contribution in [2.45, 2.75) is 20.1 Å². The molecular formula is C23H19BrClN3O2S. The molecule has 0 aliphatic carbocycles. The molecule has 0 radical (unpaired) electrons. The molecule has 2 heterocycles. The average Bonchev–Trinajstić information content (AvgIpc) is 3.35. The number of aromatic nitrogens is 2. The molecule has 5 nitrogen and oxygen atoms in total. The van der Waals surface area contributed by atoms with E-state index in [0.717, 1.165) is 21.3 Å². The fraction of sp³-hybridized carbons (Fsp3) is 0.130. The Hall–Kier alpha value is -2.61. The summed E-state index contributed by atoms with van der Waals surface area (Å²) in [7, 11) is 0. The Morgan fingerprint density at radius 3 is 2.74 bits per heavy atom. The average molecular weight is 517 g/mol. The molecule has 4 aromatic rings. The molecule has 0 atom stereocenters. The van der Waals surface area contributed by atoms with E-state index in [1.807, 2.05) is 65.5 Å². The van der Waals surface area contributed by atoms with E-state index in [4.69, 9.17) is 16.3 Å². The topological polar surface area (TPSA) is 56.1 Å². The van der Waals surface area contributed by atoms with Crippen LogP contribution >= 0.6 is 38.9 Å². The number of nitrogens with one attached hydrogen (secondary N) is 1. The SMILES string of the molecule is Cc1cc(NC(=O)c2cc(COc3cccc(Cl)c3)cs2)nn1Cc1ccc(Br)cc1. The summed E-state index contributed by atoms with van der Waals surface area (Å²) in [6, 6.07) is 19.0.